The second-order valence-corrected chi connectivity index (χ2v) is 16.0. The molecule has 1 aliphatic carbocycles. The van der Waals surface area contributed by atoms with E-state index in [4.69, 9.17) is 14.2 Å². The zero-order chi connectivity index (χ0) is 39.7. The molecule has 3 unspecified atom stereocenters. The lowest BCUT2D eigenvalue weighted by molar-refractivity contribution is -0.148. The minimum Gasteiger partial charge on any atom is -0.467 e. The van der Waals surface area contributed by atoms with E-state index in [0.29, 0.717) is 24.9 Å². The van der Waals surface area contributed by atoms with Gasteiger partial charge in [-0.05, 0) is 55.4 Å². The van der Waals surface area contributed by atoms with Gasteiger partial charge in [-0.2, -0.15) is 0 Å². The van der Waals surface area contributed by atoms with E-state index in [1.54, 1.807) is 30.9 Å². The number of ether oxygens (including phenoxy) is 3. The monoisotopic (exact) mass is 755 g/mol. The normalized spacial score (nSPS) is 24.6. The molecule has 2 heterocycles. The fourth-order valence-corrected chi connectivity index (χ4v) is 8.92. The summed E-state index contributed by atoms with van der Waals surface area (Å²) in [6.07, 6.45) is 4.26. The Hall–Kier alpha value is -3.55. The number of carbonyl (C=O) groups excluding carboxylic acids is 5. The van der Waals surface area contributed by atoms with Gasteiger partial charge in [0.2, 0.25) is 23.6 Å². The Morgan fingerprint density at radius 2 is 1.67 bits per heavy atom. The molecule has 54 heavy (non-hydrogen) atoms. The molecule has 3 fully saturated rings. The predicted octanol–water partition coefficient (Wildman–Crippen LogP) is 3.09. The van der Waals surface area contributed by atoms with Crippen LogP contribution >= 0.6 is 0 Å². The largest absolute Gasteiger partial charge is 0.467 e. The Morgan fingerprint density at radius 3 is 2.22 bits per heavy atom. The standard InChI is InChI=1S/C41H65N5O8/c1-10-25(4)36(45(6)40(50)34(24(2)3)44-39(49)35-28-18-19-29(22-28)42-35)32(52-7)23-33(47)46-20-14-17-31(46)37(53-8)26(5)38(48)43-30(41(51)54-9)21-27-15-12-11-13-16-27/h11-13,15-16,24-26,28-32,34-37,42H,10,14,17-23H2,1-9H3,(H,43,48)(H,44,49)/t25-,26+,28-,29+,30?,31?,32+,34?,35-,36-,37+/m0/s1. The summed E-state index contributed by atoms with van der Waals surface area (Å²) >= 11 is 0. The maximum absolute atomic E-state index is 14.2. The highest BCUT2D eigenvalue weighted by atomic mass is 16.5. The van der Waals surface area contributed by atoms with Crippen molar-refractivity contribution in [2.75, 3.05) is 34.9 Å². The quantitative estimate of drug-likeness (QED) is 0.181. The molecular weight excluding hydrogens is 690 g/mol. The van der Waals surface area contributed by atoms with Crippen molar-refractivity contribution in [2.24, 2.45) is 23.7 Å². The fourth-order valence-electron chi connectivity index (χ4n) is 8.92. The second kappa shape index (κ2) is 19.9. The SMILES string of the molecule is CC[C@H](C)[C@@H]([C@@H](CC(=O)N1CCCC1[C@H](OC)[C@@H](C)C(=O)NC(Cc1ccccc1)C(=O)OC)OC)N(C)C(=O)C(NC(=O)[C@H]1N[C@@H]2CC[C@H]1C2)C(C)C. The van der Waals surface area contributed by atoms with Crippen LogP contribution in [0.4, 0.5) is 0 Å². The van der Waals surface area contributed by atoms with Gasteiger partial charge < -0.3 is 40.0 Å². The van der Waals surface area contributed by atoms with Gasteiger partial charge in [-0.25, -0.2) is 4.79 Å². The van der Waals surface area contributed by atoms with Gasteiger partial charge in [-0.15, -0.1) is 0 Å². The Labute approximate surface area is 322 Å². The molecule has 0 spiro atoms. The zero-order valence-electron chi connectivity index (χ0n) is 33.8. The lowest BCUT2D eigenvalue weighted by Crippen LogP contribution is -2.60. The van der Waals surface area contributed by atoms with E-state index >= 15 is 0 Å². The number of rotatable bonds is 19. The van der Waals surface area contributed by atoms with E-state index in [2.05, 4.69) is 16.0 Å². The molecule has 0 radical (unpaired) electrons. The van der Waals surface area contributed by atoms with Gasteiger partial charge in [0.15, 0.2) is 0 Å². The number of hydrogen-bond acceptors (Lipinski definition) is 9. The van der Waals surface area contributed by atoms with Crippen LogP contribution in [0.25, 0.3) is 0 Å². The van der Waals surface area contributed by atoms with Crippen molar-refractivity contribution in [3.63, 3.8) is 0 Å². The maximum atomic E-state index is 14.2. The molecule has 4 rings (SSSR count). The van der Waals surface area contributed by atoms with Crippen LogP contribution in [0.1, 0.15) is 85.1 Å². The van der Waals surface area contributed by atoms with Crippen LogP contribution < -0.4 is 16.0 Å². The summed E-state index contributed by atoms with van der Waals surface area (Å²) in [7, 11) is 6.13. The van der Waals surface area contributed by atoms with Crippen LogP contribution in [-0.2, 0) is 44.6 Å². The molecule has 13 nitrogen and oxygen atoms in total. The van der Waals surface area contributed by atoms with Gasteiger partial charge in [0, 0.05) is 40.3 Å². The fraction of sp³-hybridized carbons (Fsp3) is 0.732. The first kappa shape index (κ1) is 43.2. The number of likely N-dealkylation sites (N-methyl/N-ethyl adjacent to an activating group) is 1. The second-order valence-electron chi connectivity index (χ2n) is 16.0. The first-order valence-electron chi connectivity index (χ1n) is 19.9. The van der Waals surface area contributed by atoms with Crippen LogP contribution in [0, 0.1) is 23.7 Å². The van der Waals surface area contributed by atoms with Crippen LogP contribution in [0.5, 0.6) is 0 Å². The van der Waals surface area contributed by atoms with Crippen molar-refractivity contribution in [3.8, 4) is 0 Å². The van der Waals surface area contributed by atoms with Crippen LogP contribution in [-0.4, -0.2) is 123 Å². The average Bonchev–Trinajstić information content (AvgIpc) is 3.95. The van der Waals surface area contributed by atoms with E-state index in [-0.39, 0.29) is 60.4 Å². The molecule has 1 aromatic rings. The number of methoxy groups -OCH3 is 3. The third-order valence-electron chi connectivity index (χ3n) is 12.2. The molecule has 11 atom stereocenters. The van der Waals surface area contributed by atoms with Crippen molar-refractivity contribution in [1.29, 1.82) is 0 Å². The number of amides is 4. The average molecular weight is 756 g/mol. The molecule has 1 aromatic carbocycles. The summed E-state index contributed by atoms with van der Waals surface area (Å²) in [5, 5.41) is 9.37. The summed E-state index contributed by atoms with van der Waals surface area (Å²) in [6, 6.07) is 7.05. The van der Waals surface area contributed by atoms with E-state index < -0.39 is 42.2 Å². The summed E-state index contributed by atoms with van der Waals surface area (Å²) in [4.78, 5) is 71.6. The highest BCUT2D eigenvalue weighted by molar-refractivity contribution is 5.90. The van der Waals surface area contributed by atoms with Gasteiger partial charge in [0.05, 0.1) is 49.8 Å². The predicted molar refractivity (Wildman–Crippen MR) is 205 cm³/mol. The molecule has 2 bridgehead atoms. The minimum absolute atomic E-state index is 0.0177. The zero-order valence-corrected chi connectivity index (χ0v) is 33.8. The summed E-state index contributed by atoms with van der Waals surface area (Å²) < 4.78 is 17.0. The van der Waals surface area contributed by atoms with Crippen molar-refractivity contribution in [3.05, 3.63) is 35.9 Å². The first-order valence-corrected chi connectivity index (χ1v) is 19.9. The van der Waals surface area contributed by atoms with Crippen LogP contribution in [0.3, 0.4) is 0 Å². The molecule has 3 N–H and O–H groups in total. The van der Waals surface area contributed by atoms with Crippen molar-refractivity contribution in [1.82, 2.24) is 25.8 Å². The number of piperidine rings is 1. The molecular formula is C41H65N5O8. The Bertz CT molecular complexity index is 1430. The molecule has 3 aliphatic rings. The molecule has 2 aliphatic heterocycles. The van der Waals surface area contributed by atoms with Gasteiger partial charge >= 0.3 is 5.97 Å². The summed E-state index contributed by atoms with van der Waals surface area (Å²) in [5.41, 5.74) is 0.880. The van der Waals surface area contributed by atoms with Gasteiger partial charge in [0.1, 0.15) is 12.1 Å². The third-order valence-corrected chi connectivity index (χ3v) is 12.2. The van der Waals surface area contributed by atoms with Crippen molar-refractivity contribution in [2.45, 2.75) is 134 Å². The molecule has 2 saturated heterocycles. The molecule has 13 heteroatoms. The molecule has 0 aromatic heterocycles. The number of esters is 1. The maximum Gasteiger partial charge on any atom is 0.328 e. The summed E-state index contributed by atoms with van der Waals surface area (Å²) in [6.45, 7) is 10.2. The lowest BCUT2D eigenvalue weighted by atomic mass is 9.89. The van der Waals surface area contributed by atoms with E-state index in [1.165, 1.54) is 14.2 Å². The highest BCUT2D eigenvalue weighted by Crippen LogP contribution is 2.35. The van der Waals surface area contributed by atoms with Crippen LogP contribution in [0.2, 0.25) is 0 Å². The number of fused-ring (bicyclic) bond motifs is 2. The lowest BCUT2D eigenvalue weighted by Gasteiger charge is -2.41. The number of carbonyl (C=O) groups is 5. The number of benzene rings is 1. The third kappa shape index (κ3) is 10.2. The molecule has 4 amide bonds. The van der Waals surface area contributed by atoms with E-state index in [9.17, 15) is 24.0 Å². The van der Waals surface area contributed by atoms with Gasteiger partial charge in [-0.1, -0.05) is 71.4 Å². The van der Waals surface area contributed by atoms with Crippen molar-refractivity contribution >= 4 is 29.6 Å². The van der Waals surface area contributed by atoms with Crippen LogP contribution in [0.15, 0.2) is 30.3 Å². The van der Waals surface area contributed by atoms with E-state index in [1.807, 2.05) is 58.0 Å². The minimum atomic E-state index is -0.885. The molecule has 302 valence electrons. The van der Waals surface area contributed by atoms with Crippen molar-refractivity contribution < 1.29 is 38.2 Å². The topological polar surface area (TPSA) is 156 Å². The Morgan fingerprint density at radius 1 is 0.963 bits per heavy atom. The Kier molecular flexibility index (Phi) is 15.9. The number of likely N-dealkylation sites (tertiary alicyclic amines) is 1. The van der Waals surface area contributed by atoms with Gasteiger partial charge in [0.25, 0.3) is 0 Å². The Balaban J connectivity index is 1.45. The van der Waals surface area contributed by atoms with E-state index in [0.717, 1.165) is 37.7 Å². The number of hydrogen-bond donors (Lipinski definition) is 3. The number of nitrogens with one attached hydrogen (secondary N) is 3. The number of nitrogens with zero attached hydrogens (tertiary/aromatic N) is 2. The first-order chi connectivity index (χ1) is 25.8. The van der Waals surface area contributed by atoms with Gasteiger partial charge in [-0.3, -0.25) is 19.2 Å². The highest BCUT2D eigenvalue weighted by Gasteiger charge is 2.46. The summed E-state index contributed by atoms with van der Waals surface area (Å²) in [5.74, 6) is -1.97. The smallest absolute Gasteiger partial charge is 0.328 e. The molecule has 1 saturated carbocycles.